The summed E-state index contributed by atoms with van der Waals surface area (Å²) < 4.78 is 62.8. The highest BCUT2D eigenvalue weighted by Crippen LogP contribution is 2.42. The molecular formula is C55H67ClN6O6S2. The van der Waals surface area contributed by atoms with Gasteiger partial charge in [0, 0.05) is 33.9 Å². The van der Waals surface area contributed by atoms with Gasteiger partial charge in [0.2, 0.25) is 0 Å². The average molecular weight is 1010 g/mol. The molecule has 2 saturated heterocycles. The predicted octanol–water partition coefficient (Wildman–Crippen LogP) is 12.0. The number of hydrogen-bond acceptors (Lipinski definition) is 10. The molecule has 0 unspecified atom stereocenters. The highest BCUT2D eigenvalue weighted by atomic mass is 35.5. The zero-order valence-electron chi connectivity index (χ0n) is 39.3. The second-order valence-corrected chi connectivity index (χ2v) is 23.4. The van der Waals surface area contributed by atoms with Crippen molar-refractivity contribution in [3.63, 3.8) is 0 Å². The number of aromatic nitrogens is 4. The highest BCUT2D eigenvalue weighted by molar-refractivity contribution is 7.91. The van der Waals surface area contributed by atoms with Crippen LogP contribution in [0.5, 0.6) is 11.5 Å². The molecule has 10 rings (SSSR count). The maximum atomic E-state index is 12.5. The number of likely N-dealkylation sites (tertiary alicyclic amines) is 2. The predicted molar refractivity (Wildman–Crippen MR) is 288 cm³/mol. The van der Waals surface area contributed by atoms with Crippen molar-refractivity contribution in [3.8, 4) is 33.8 Å². The maximum absolute atomic E-state index is 12.5. The van der Waals surface area contributed by atoms with E-state index in [1.165, 1.54) is 0 Å². The number of pyridine rings is 2. The van der Waals surface area contributed by atoms with E-state index in [0.29, 0.717) is 45.5 Å². The third-order valence-corrected chi connectivity index (χ3v) is 17.3. The third kappa shape index (κ3) is 11.0. The van der Waals surface area contributed by atoms with Gasteiger partial charge < -0.3 is 29.2 Å². The van der Waals surface area contributed by atoms with Gasteiger partial charge in [-0.3, -0.25) is 0 Å². The number of aryl methyl sites for hydroxylation is 1. The van der Waals surface area contributed by atoms with E-state index in [2.05, 4.69) is 49.9 Å². The van der Waals surface area contributed by atoms with Crippen LogP contribution in [0.25, 0.3) is 66.1 Å². The lowest BCUT2D eigenvalue weighted by atomic mass is 9.98. The number of sulfone groups is 2. The fraction of sp³-hybridized carbons (Fsp3) is 0.382. The van der Waals surface area contributed by atoms with Crippen LogP contribution in [-0.4, -0.2) is 112 Å². The Morgan fingerprint density at radius 1 is 0.614 bits per heavy atom. The summed E-state index contributed by atoms with van der Waals surface area (Å²) in [5, 5.41) is 4.37. The summed E-state index contributed by atoms with van der Waals surface area (Å²) in [4.78, 5) is 21.4. The molecule has 0 bridgehead atoms. The van der Waals surface area contributed by atoms with Crippen molar-refractivity contribution in [2.24, 2.45) is 11.8 Å². The molecule has 2 aliphatic rings. The van der Waals surface area contributed by atoms with Gasteiger partial charge in [-0.15, -0.1) is 0 Å². The van der Waals surface area contributed by atoms with Crippen LogP contribution >= 0.6 is 11.6 Å². The summed E-state index contributed by atoms with van der Waals surface area (Å²) in [6.45, 7) is 11.1. The second kappa shape index (κ2) is 21.9. The Balaban J connectivity index is 0.000000201. The van der Waals surface area contributed by atoms with Gasteiger partial charge in [0.05, 0.1) is 50.6 Å². The van der Waals surface area contributed by atoms with Crippen molar-refractivity contribution < 1.29 is 26.3 Å². The quantitative estimate of drug-likeness (QED) is 0.121. The molecule has 2 fully saturated rings. The van der Waals surface area contributed by atoms with E-state index in [1.54, 1.807) is 50.4 Å². The normalized spacial score (nSPS) is 15.4. The van der Waals surface area contributed by atoms with Crippen LogP contribution in [0, 0.1) is 18.8 Å². The number of hydrogen-bond donors (Lipinski definition) is 2. The fourth-order valence-electron chi connectivity index (χ4n) is 9.44. The zero-order valence-corrected chi connectivity index (χ0v) is 41.7. The number of nitrogens with one attached hydrogen (secondary N) is 2. The number of rotatable bonds is 12. The number of aromatic amines is 2. The topological polar surface area (TPSA) is 151 Å². The molecule has 2 aliphatic heterocycles. The second-order valence-electron chi connectivity index (χ2n) is 18.4. The van der Waals surface area contributed by atoms with Crippen LogP contribution in [0.3, 0.4) is 0 Å². The van der Waals surface area contributed by atoms with Gasteiger partial charge in [-0.2, -0.15) is 0 Å². The molecule has 0 amide bonds. The Bertz CT molecular complexity index is 3130. The first kappa shape index (κ1) is 52.3. The molecule has 70 heavy (non-hydrogen) atoms. The molecule has 0 aliphatic carbocycles. The molecule has 4 aromatic carbocycles. The fourth-order valence-corrected chi connectivity index (χ4v) is 11.5. The number of halogens is 1. The van der Waals surface area contributed by atoms with Gasteiger partial charge in [-0.05, 0) is 173 Å². The first-order chi connectivity index (χ1) is 32.7. The number of ether oxygens (including phenoxy) is 2. The van der Waals surface area contributed by atoms with E-state index in [4.69, 9.17) is 21.1 Å². The molecule has 12 nitrogen and oxygen atoms in total. The minimum Gasteiger partial charge on any atom is -0.491 e. The number of fused-ring (bicyclic) bond motifs is 6. The summed E-state index contributed by atoms with van der Waals surface area (Å²) in [6, 6.07) is 26.3. The Kier molecular flexibility index (Phi) is 16.3. The Hall–Kier alpha value is -5.51. The Morgan fingerprint density at radius 3 is 1.49 bits per heavy atom. The summed E-state index contributed by atoms with van der Waals surface area (Å²) in [6.07, 6.45) is 8.01. The minimum atomic E-state index is -3.32. The van der Waals surface area contributed by atoms with E-state index in [9.17, 15) is 16.8 Å². The molecule has 15 heteroatoms. The summed E-state index contributed by atoms with van der Waals surface area (Å²) in [5.74, 6) is 2.79. The number of H-pyrrole nitrogens is 2. The smallest absolute Gasteiger partial charge is 0.178 e. The SMILES string of the molecule is C.C.CCS(=O)(=O)c1cccc(-c2ccc(OCC3CCN(C)CC3)c3[nH]c4ncc(C)cc4c23)c1.CCS(=O)(=O)c1cccc(-c2ccc(OCC3CCN(C)CC3)c3[nH]c4ncc(Cl)cc4c23)c1. The number of benzene rings is 4. The largest absolute Gasteiger partial charge is 0.491 e. The standard InChI is InChI=1S/C27H31N3O3S.C26H28ClN3O3S.2CH4/c1-4-34(31,32)21-7-5-6-20(15-21)22-8-9-24(33-17-19-10-12-30(3)13-11-19)26-25(22)23-14-18(2)16-28-27(23)29-26;1-3-34(31,32)20-6-4-5-18(13-20)21-7-8-23(33-16-17-9-11-30(2)12-10-17)25-24(21)22-14-19(27)15-28-26(22)29-25;;/h5-9,14-16,19H,4,10-13,17H2,1-3H3,(H,28,29);4-8,13-15,17H,3,9-12,16H2,1-2H3,(H,28,29);2*1H4. The van der Waals surface area contributed by atoms with Crippen LogP contribution in [0.15, 0.2) is 107 Å². The number of nitrogens with zero attached hydrogens (tertiary/aromatic N) is 4. The Morgan fingerprint density at radius 2 is 1.04 bits per heavy atom. The molecule has 2 N–H and O–H groups in total. The van der Waals surface area contributed by atoms with Crippen LogP contribution in [-0.2, 0) is 19.7 Å². The molecule has 8 aromatic rings. The van der Waals surface area contributed by atoms with Crippen molar-refractivity contribution >= 4 is 75.1 Å². The molecule has 6 heterocycles. The third-order valence-electron chi connectivity index (χ3n) is 13.6. The van der Waals surface area contributed by atoms with Crippen molar-refractivity contribution in [2.75, 3.05) is 65.0 Å². The summed E-state index contributed by atoms with van der Waals surface area (Å²) in [5.41, 5.74) is 7.90. The van der Waals surface area contributed by atoms with Gasteiger partial charge in [0.25, 0.3) is 0 Å². The molecule has 0 atom stereocenters. The monoisotopic (exact) mass is 1010 g/mol. The van der Waals surface area contributed by atoms with E-state index in [1.807, 2.05) is 61.7 Å². The Labute approximate surface area is 418 Å². The summed E-state index contributed by atoms with van der Waals surface area (Å²) >= 11 is 6.30. The van der Waals surface area contributed by atoms with Crippen LogP contribution in [0.1, 0.15) is 59.9 Å². The molecule has 0 saturated carbocycles. The van der Waals surface area contributed by atoms with Crippen LogP contribution < -0.4 is 9.47 Å². The summed E-state index contributed by atoms with van der Waals surface area (Å²) in [7, 11) is -2.30. The number of piperidine rings is 2. The van der Waals surface area contributed by atoms with Gasteiger partial charge in [0.15, 0.2) is 19.7 Å². The van der Waals surface area contributed by atoms with E-state index >= 15 is 0 Å². The molecular weight excluding hydrogens is 940 g/mol. The van der Waals surface area contributed by atoms with E-state index in [0.717, 1.165) is 129 Å². The van der Waals surface area contributed by atoms with E-state index in [-0.39, 0.29) is 26.4 Å². The van der Waals surface area contributed by atoms with Gasteiger partial charge >= 0.3 is 0 Å². The lowest BCUT2D eigenvalue weighted by Gasteiger charge is -2.28. The van der Waals surface area contributed by atoms with E-state index < -0.39 is 19.7 Å². The molecule has 0 radical (unpaired) electrons. The van der Waals surface area contributed by atoms with Gasteiger partial charge in [0.1, 0.15) is 22.8 Å². The van der Waals surface area contributed by atoms with Crippen molar-refractivity contribution in [2.45, 2.75) is 71.1 Å². The minimum absolute atomic E-state index is 0. The molecule has 372 valence electrons. The first-order valence-electron chi connectivity index (χ1n) is 23.5. The van der Waals surface area contributed by atoms with Gasteiger partial charge in [-0.25, -0.2) is 26.8 Å². The van der Waals surface area contributed by atoms with Crippen molar-refractivity contribution in [1.82, 2.24) is 29.7 Å². The zero-order chi connectivity index (χ0) is 47.7. The lowest BCUT2D eigenvalue weighted by Crippen LogP contribution is -2.32. The lowest BCUT2D eigenvalue weighted by molar-refractivity contribution is 0.161. The molecule has 4 aromatic heterocycles. The maximum Gasteiger partial charge on any atom is 0.178 e. The van der Waals surface area contributed by atoms with Crippen molar-refractivity contribution in [1.29, 1.82) is 0 Å². The van der Waals surface area contributed by atoms with Crippen LogP contribution in [0.2, 0.25) is 5.02 Å². The highest BCUT2D eigenvalue weighted by Gasteiger charge is 2.23. The molecule has 0 spiro atoms. The van der Waals surface area contributed by atoms with Crippen LogP contribution in [0.4, 0.5) is 0 Å². The average Bonchev–Trinajstić information content (AvgIpc) is 3.93. The first-order valence-corrected chi connectivity index (χ1v) is 27.2. The van der Waals surface area contributed by atoms with Gasteiger partial charge in [-0.1, -0.05) is 64.6 Å². The van der Waals surface area contributed by atoms with Crippen molar-refractivity contribution in [3.05, 3.63) is 108 Å².